The van der Waals surface area contributed by atoms with Gasteiger partial charge in [-0.25, -0.2) is 4.98 Å². The fourth-order valence-corrected chi connectivity index (χ4v) is 2.04. The van der Waals surface area contributed by atoms with Crippen molar-refractivity contribution in [2.75, 3.05) is 7.11 Å². The lowest BCUT2D eigenvalue weighted by Gasteiger charge is -2.14. The van der Waals surface area contributed by atoms with Gasteiger partial charge >= 0.3 is 6.18 Å². The number of hydrogen-bond donors (Lipinski definition) is 1. The highest BCUT2D eigenvalue weighted by atomic mass is 19.4. The summed E-state index contributed by atoms with van der Waals surface area (Å²) < 4.78 is 43.2. The van der Waals surface area contributed by atoms with Crippen molar-refractivity contribution in [1.82, 2.24) is 4.98 Å². The Balaban J connectivity index is 2.78. The maximum Gasteiger partial charge on any atom is 0.416 e. The Morgan fingerprint density at radius 3 is 2.47 bits per heavy atom. The van der Waals surface area contributed by atoms with Gasteiger partial charge in [-0.1, -0.05) is 6.07 Å². The molecule has 6 heteroatoms. The minimum atomic E-state index is -4.37. The maximum atomic E-state index is 12.7. The lowest BCUT2D eigenvalue weighted by Crippen LogP contribution is -2.07. The summed E-state index contributed by atoms with van der Waals surface area (Å²) in [7, 11) is 1.46. The van der Waals surface area contributed by atoms with Gasteiger partial charge in [0.25, 0.3) is 0 Å². The van der Waals surface area contributed by atoms with Crippen LogP contribution >= 0.6 is 0 Å². The third-order valence-corrected chi connectivity index (χ3v) is 2.99. The number of halogens is 3. The molecule has 0 bridgehead atoms. The smallest absolute Gasteiger partial charge is 0.416 e. The van der Waals surface area contributed by atoms with Crippen LogP contribution in [0, 0.1) is 6.92 Å². The highest BCUT2D eigenvalue weighted by Gasteiger charge is 2.30. The van der Waals surface area contributed by atoms with Crippen molar-refractivity contribution in [2.24, 2.45) is 5.73 Å². The van der Waals surface area contributed by atoms with E-state index in [1.54, 1.807) is 6.92 Å². The van der Waals surface area contributed by atoms with E-state index >= 15 is 0 Å². The summed E-state index contributed by atoms with van der Waals surface area (Å²) in [6.07, 6.45) is -4.37. The number of benzene rings is 1. The van der Waals surface area contributed by atoms with Gasteiger partial charge in [-0.3, -0.25) is 0 Å². The molecule has 0 atom stereocenters. The zero-order valence-corrected chi connectivity index (χ0v) is 10.5. The summed E-state index contributed by atoms with van der Waals surface area (Å²) >= 11 is 0. The first-order valence-electron chi connectivity index (χ1n) is 5.63. The van der Waals surface area contributed by atoms with Gasteiger partial charge in [-0.15, -0.1) is 0 Å². The van der Waals surface area contributed by atoms with Gasteiger partial charge in [0, 0.05) is 23.2 Å². The summed E-state index contributed by atoms with van der Waals surface area (Å²) in [5, 5.41) is 1.08. The molecule has 102 valence electrons. The second kappa shape index (κ2) is 4.70. The molecule has 2 N–H and O–H groups in total. The molecule has 0 radical (unpaired) electrons. The Kier molecular flexibility index (Phi) is 3.36. The summed E-state index contributed by atoms with van der Waals surface area (Å²) in [5.74, 6) is 0.354. The van der Waals surface area contributed by atoms with Gasteiger partial charge in [0.05, 0.1) is 12.7 Å². The quantitative estimate of drug-likeness (QED) is 0.912. The van der Waals surface area contributed by atoms with Crippen molar-refractivity contribution in [3.05, 3.63) is 35.0 Å². The van der Waals surface area contributed by atoms with Gasteiger partial charge in [-0.2, -0.15) is 13.2 Å². The van der Waals surface area contributed by atoms with Crippen LogP contribution in [0.2, 0.25) is 0 Å². The van der Waals surface area contributed by atoms with Crippen molar-refractivity contribution < 1.29 is 17.9 Å². The van der Waals surface area contributed by atoms with Gasteiger partial charge in [0.15, 0.2) is 0 Å². The van der Waals surface area contributed by atoms with Crippen molar-refractivity contribution in [2.45, 2.75) is 19.6 Å². The van der Waals surface area contributed by atoms with Gasteiger partial charge in [0.1, 0.15) is 0 Å². The molecular formula is C13H13F3N2O. The van der Waals surface area contributed by atoms with Crippen LogP contribution in [0.15, 0.2) is 18.2 Å². The average Bonchev–Trinajstić information content (AvgIpc) is 2.37. The molecule has 1 aromatic heterocycles. The predicted octanol–water partition coefficient (Wildman–Crippen LogP) is 3.03. The molecule has 0 spiro atoms. The van der Waals surface area contributed by atoms with Crippen LogP contribution in [0.3, 0.4) is 0 Å². The van der Waals surface area contributed by atoms with E-state index < -0.39 is 11.7 Å². The second-order valence-corrected chi connectivity index (χ2v) is 4.15. The Bertz CT molecular complexity index is 623. The topological polar surface area (TPSA) is 48.1 Å². The fraction of sp³-hybridized carbons (Fsp3) is 0.308. The molecule has 0 saturated carbocycles. The Hall–Kier alpha value is -1.82. The molecule has 1 aromatic carbocycles. The number of pyridine rings is 1. The van der Waals surface area contributed by atoms with E-state index in [-0.39, 0.29) is 6.54 Å². The third-order valence-electron chi connectivity index (χ3n) is 2.99. The van der Waals surface area contributed by atoms with E-state index in [0.29, 0.717) is 27.9 Å². The molecule has 0 amide bonds. The zero-order valence-electron chi connectivity index (χ0n) is 10.5. The van der Waals surface area contributed by atoms with Crippen LogP contribution in [0.25, 0.3) is 10.8 Å². The fourth-order valence-electron chi connectivity index (χ4n) is 2.04. The number of methoxy groups -OCH3 is 1. The number of nitrogens with zero attached hydrogens (tertiary/aromatic N) is 1. The molecule has 0 aliphatic carbocycles. The number of aryl methyl sites for hydroxylation is 1. The molecule has 0 saturated heterocycles. The number of ether oxygens (including phenoxy) is 1. The van der Waals surface area contributed by atoms with Crippen LogP contribution in [-0.2, 0) is 12.7 Å². The summed E-state index contributed by atoms with van der Waals surface area (Å²) in [4.78, 5) is 4.14. The van der Waals surface area contributed by atoms with E-state index in [1.807, 2.05) is 0 Å². The lowest BCUT2D eigenvalue weighted by atomic mass is 10.0. The maximum absolute atomic E-state index is 12.7. The average molecular weight is 270 g/mol. The number of fused-ring (bicyclic) bond motifs is 1. The Labute approximate surface area is 108 Å². The van der Waals surface area contributed by atoms with E-state index in [9.17, 15) is 13.2 Å². The minimum Gasteiger partial charge on any atom is -0.481 e. The standard InChI is InChI=1S/C13H13F3N2O/c1-7-10-5-8(13(14,15)16)3-4-9(10)11(6-17)12(18-7)19-2/h3-5H,6,17H2,1-2H3. The highest BCUT2D eigenvalue weighted by Crippen LogP contribution is 2.34. The third kappa shape index (κ3) is 2.35. The van der Waals surface area contributed by atoms with E-state index in [2.05, 4.69) is 4.98 Å². The minimum absolute atomic E-state index is 0.151. The van der Waals surface area contributed by atoms with Crippen LogP contribution in [0.1, 0.15) is 16.8 Å². The molecule has 0 unspecified atom stereocenters. The number of aromatic nitrogens is 1. The highest BCUT2D eigenvalue weighted by molar-refractivity contribution is 5.89. The van der Waals surface area contributed by atoms with Crippen LogP contribution < -0.4 is 10.5 Å². The zero-order chi connectivity index (χ0) is 14.2. The van der Waals surface area contributed by atoms with Crippen molar-refractivity contribution >= 4 is 10.8 Å². The first kappa shape index (κ1) is 13.6. The SMILES string of the molecule is COc1nc(C)c2cc(C(F)(F)F)ccc2c1CN. The number of alkyl halides is 3. The predicted molar refractivity (Wildman–Crippen MR) is 65.9 cm³/mol. The molecular weight excluding hydrogens is 257 g/mol. The molecule has 2 aromatic rings. The molecule has 0 fully saturated rings. The van der Waals surface area contributed by atoms with Crippen LogP contribution in [0.5, 0.6) is 5.88 Å². The molecule has 0 aliphatic heterocycles. The number of rotatable bonds is 2. The molecule has 3 nitrogen and oxygen atoms in total. The molecule has 19 heavy (non-hydrogen) atoms. The molecule has 1 heterocycles. The summed E-state index contributed by atoms with van der Waals surface area (Å²) in [6, 6.07) is 3.55. The largest absolute Gasteiger partial charge is 0.481 e. The van der Waals surface area contributed by atoms with Gasteiger partial charge in [0.2, 0.25) is 5.88 Å². The van der Waals surface area contributed by atoms with E-state index in [0.717, 1.165) is 12.1 Å². The second-order valence-electron chi connectivity index (χ2n) is 4.15. The molecule has 0 aliphatic rings. The van der Waals surface area contributed by atoms with Crippen LogP contribution in [0.4, 0.5) is 13.2 Å². The monoisotopic (exact) mass is 270 g/mol. The van der Waals surface area contributed by atoms with Crippen molar-refractivity contribution in [1.29, 1.82) is 0 Å². The lowest BCUT2D eigenvalue weighted by molar-refractivity contribution is -0.137. The normalized spacial score (nSPS) is 11.9. The summed E-state index contributed by atoms with van der Waals surface area (Å²) in [6.45, 7) is 1.80. The Morgan fingerprint density at radius 1 is 1.26 bits per heavy atom. The number of nitrogens with two attached hydrogens (primary N) is 1. The van der Waals surface area contributed by atoms with Crippen molar-refractivity contribution in [3.8, 4) is 5.88 Å². The van der Waals surface area contributed by atoms with Gasteiger partial charge in [-0.05, 0) is 24.4 Å². The van der Waals surface area contributed by atoms with Crippen LogP contribution in [-0.4, -0.2) is 12.1 Å². The van der Waals surface area contributed by atoms with Gasteiger partial charge < -0.3 is 10.5 Å². The van der Waals surface area contributed by atoms with Crippen molar-refractivity contribution in [3.63, 3.8) is 0 Å². The Morgan fingerprint density at radius 2 is 1.95 bits per heavy atom. The molecule has 2 rings (SSSR count). The summed E-state index contributed by atoms with van der Waals surface area (Å²) in [5.41, 5.74) is 6.02. The number of hydrogen-bond acceptors (Lipinski definition) is 3. The first-order chi connectivity index (χ1) is 8.88. The first-order valence-corrected chi connectivity index (χ1v) is 5.63. The van der Waals surface area contributed by atoms with E-state index in [1.165, 1.54) is 13.2 Å². The van der Waals surface area contributed by atoms with E-state index in [4.69, 9.17) is 10.5 Å².